The molecule has 1 rings (SSSR count). The topological polar surface area (TPSA) is 144 Å². The summed E-state index contributed by atoms with van der Waals surface area (Å²) in [6.07, 6.45) is 0. The van der Waals surface area contributed by atoms with Crippen LogP contribution in [0.3, 0.4) is 0 Å². The Labute approximate surface area is 101 Å². The van der Waals surface area contributed by atoms with E-state index in [2.05, 4.69) is 0 Å². The molecule has 6 amide bonds. The van der Waals surface area contributed by atoms with Gasteiger partial charge in [0, 0.05) is 11.1 Å². The van der Waals surface area contributed by atoms with Gasteiger partial charge in [0.15, 0.2) is 0 Å². The zero-order chi connectivity index (χ0) is 13.7. The highest BCUT2D eigenvalue weighted by atomic mass is 16.2. The number of urea groups is 2. The average molecular weight is 250 g/mol. The van der Waals surface area contributed by atoms with Crippen LogP contribution in [0.25, 0.3) is 0 Å². The van der Waals surface area contributed by atoms with Crippen molar-refractivity contribution in [3.8, 4) is 0 Å². The number of primary amides is 2. The molecular formula is C10H10N4O4. The summed E-state index contributed by atoms with van der Waals surface area (Å²) in [7, 11) is 0. The summed E-state index contributed by atoms with van der Waals surface area (Å²) in [4.78, 5) is 43.6. The van der Waals surface area contributed by atoms with Crippen molar-refractivity contribution in [2.45, 2.75) is 0 Å². The first-order valence-electron chi connectivity index (χ1n) is 4.72. The van der Waals surface area contributed by atoms with E-state index >= 15 is 0 Å². The van der Waals surface area contributed by atoms with Gasteiger partial charge in [0.25, 0.3) is 11.8 Å². The maximum atomic E-state index is 11.3. The number of benzene rings is 1. The van der Waals surface area contributed by atoms with Crippen LogP contribution < -0.4 is 22.1 Å². The van der Waals surface area contributed by atoms with Crippen LogP contribution in [-0.2, 0) is 0 Å². The lowest BCUT2D eigenvalue weighted by atomic mass is 10.1. The van der Waals surface area contributed by atoms with E-state index in [4.69, 9.17) is 11.5 Å². The van der Waals surface area contributed by atoms with Gasteiger partial charge in [-0.1, -0.05) is 0 Å². The van der Waals surface area contributed by atoms with Crippen molar-refractivity contribution in [1.29, 1.82) is 0 Å². The number of rotatable bonds is 2. The second-order valence-electron chi connectivity index (χ2n) is 3.21. The Morgan fingerprint density at radius 3 is 1.22 bits per heavy atom. The standard InChI is InChI=1S/C10H10N4O4/c11-9(17)13-7(15)5-1-2-6(4-3-5)8(16)14-10(12)18/h1-4H,(H3,11,13,15,17)(H3,12,14,16,18). The van der Waals surface area contributed by atoms with Gasteiger partial charge in [-0.15, -0.1) is 0 Å². The fourth-order valence-corrected chi connectivity index (χ4v) is 1.14. The molecule has 0 saturated heterocycles. The molecule has 1 aromatic rings. The third kappa shape index (κ3) is 3.59. The molecule has 0 atom stereocenters. The molecule has 0 aliphatic rings. The van der Waals surface area contributed by atoms with Crippen LogP contribution in [0.4, 0.5) is 9.59 Å². The zero-order valence-electron chi connectivity index (χ0n) is 9.10. The van der Waals surface area contributed by atoms with Crippen LogP contribution in [0.15, 0.2) is 24.3 Å². The van der Waals surface area contributed by atoms with Gasteiger partial charge in [-0.05, 0) is 24.3 Å². The Bertz CT molecular complexity index is 462. The zero-order valence-corrected chi connectivity index (χ0v) is 9.10. The minimum absolute atomic E-state index is 0.143. The molecule has 0 bridgehead atoms. The van der Waals surface area contributed by atoms with Gasteiger partial charge in [0.05, 0.1) is 0 Å². The molecule has 6 N–H and O–H groups in total. The number of nitrogens with two attached hydrogens (primary N) is 2. The quantitative estimate of drug-likeness (QED) is 0.550. The first-order valence-corrected chi connectivity index (χ1v) is 4.72. The molecule has 8 nitrogen and oxygen atoms in total. The molecule has 0 heterocycles. The minimum Gasteiger partial charge on any atom is -0.351 e. The van der Waals surface area contributed by atoms with Crippen molar-refractivity contribution >= 4 is 23.9 Å². The largest absolute Gasteiger partial charge is 0.351 e. The van der Waals surface area contributed by atoms with Crippen LogP contribution in [0.2, 0.25) is 0 Å². The summed E-state index contributed by atoms with van der Waals surface area (Å²) < 4.78 is 0. The summed E-state index contributed by atoms with van der Waals surface area (Å²) in [5, 5.41) is 3.73. The van der Waals surface area contributed by atoms with E-state index in [0.717, 1.165) is 0 Å². The molecule has 0 saturated carbocycles. The first-order chi connectivity index (χ1) is 8.40. The maximum Gasteiger partial charge on any atom is 0.319 e. The third-order valence-corrected chi connectivity index (χ3v) is 1.88. The summed E-state index contributed by atoms with van der Waals surface area (Å²) in [6.45, 7) is 0. The van der Waals surface area contributed by atoms with Crippen molar-refractivity contribution in [3.05, 3.63) is 35.4 Å². The predicted octanol–water partition coefficient (Wildman–Crippen LogP) is -0.696. The van der Waals surface area contributed by atoms with Crippen LogP contribution in [0.5, 0.6) is 0 Å². The van der Waals surface area contributed by atoms with Crippen LogP contribution in [0.1, 0.15) is 20.7 Å². The number of hydrogen-bond donors (Lipinski definition) is 4. The van der Waals surface area contributed by atoms with Crippen molar-refractivity contribution < 1.29 is 19.2 Å². The van der Waals surface area contributed by atoms with Gasteiger partial charge in [-0.2, -0.15) is 0 Å². The lowest BCUT2D eigenvalue weighted by Crippen LogP contribution is -2.35. The normalized spacial score (nSPS) is 9.33. The van der Waals surface area contributed by atoms with E-state index < -0.39 is 23.9 Å². The Kier molecular flexibility index (Phi) is 3.98. The molecule has 0 aliphatic heterocycles. The average Bonchev–Trinajstić information content (AvgIpc) is 2.27. The van der Waals surface area contributed by atoms with Crippen molar-refractivity contribution in [1.82, 2.24) is 10.6 Å². The molecule has 0 fully saturated rings. The number of carbonyl (C=O) groups is 4. The van der Waals surface area contributed by atoms with Gasteiger partial charge >= 0.3 is 12.1 Å². The summed E-state index contributed by atoms with van der Waals surface area (Å²) in [5.74, 6) is -1.38. The molecule has 0 aliphatic carbocycles. The molecule has 8 heteroatoms. The van der Waals surface area contributed by atoms with Crippen molar-refractivity contribution in [2.75, 3.05) is 0 Å². The van der Waals surface area contributed by atoms with Gasteiger partial charge in [0.1, 0.15) is 0 Å². The highest BCUT2D eigenvalue weighted by Crippen LogP contribution is 2.04. The fourth-order valence-electron chi connectivity index (χ4n) is 1.14. The molecular weight excluding hydrogens is 240 g/mol. The highest BCUT2D eigenvalue weighted by Gasteiger charge is 2.10. The molecule has 0 radical (unpaired) electrons. The van der Waals surface area contributed by atoms with E-state index in [-0.39, 0.29) is 11.1 Å². The molecule has 0 aromatic heterocycles. The fraction of sp³-hybridized carbons (Fsp3) is 0. The Balaban J connectivity index is 2.79. The molecule has 94 valence electrons. The lowest BCUT2D eigenvalue weighted by molar-refractivity contribution is 0.0952. The Morgan fingerprint density at radius 2 is 1.00 bits per heavy atom. The number of carbonyl (C=O) groups excluding carboxylic acids is 4. The summed E-state index contributed by atoms with van der Waals surface area (Å²) in [5.41, 5.74) is 9.84. The van der Waals surface area contributed by atoms with E-state index in [1.165, 1.54) is 24.3 Å². The van der Waals surface area contributed by atoms with Gasteiger partial charge < -0.3 is 11.5 Å². The SMILES string of the molecule is NC(=O)NC(=O)c1ccc(C(=O)NC(N)=O)cc1. The second-order valence-corrected chi connectivity index (χ2v) is 3.21. The second kappa shape index (κ2) is 5.43. The number of nitrogens with one attached hydrogen (secondary N) is 2. The maximum absolute atomic E-state index is 11.3. The number of imide groups is 2. The van der Waals surface area contributed by atoms with E-state index in [1.54, 1.807) is 0 Å². The van der Waals surface area contributed by atoms with Gasteiger partial charge in [-0.25, -0.2) is 9.59 Å². The van der Waals surface area contributed by atoms with E-state index in [0.29, 0.717) is 0 Å². The molecule has 0 unspecified atom stereocenters. The third-order valence-electron chi connectivity index (χ3n) is 1.88. The van der Waals surface area contributed by atoms with E-state index in [1.807, 2.05) is 10.6 Å². The van der Waals surface area contributed by atoms with Crippen LogP contribution in [0, 0.1) is 0 Å². The van der Waals surface area contributed by atoms with Crippen LogP contribution in [-0.4, -0.2) is 23.9 Å². The van der Waals surface area contributed by atoms with E-state index in [9.17, 15) is 19.2 Å². The van der Waals surface area contributed by atoms with Crippen molar-refractivity contribution in [3.63, 3.8) is 0 Å². The number of amides is 6. The van der Waals surface area contributed by atoms with Gasteiger partial charge in [-0.3, -0.25) is 20.2 Å². The first kappa shape index (κ1) is 13.2. The summed E-state index contributed by atoms with van der Waals surface area (Å²) >= 11 is 0. The van der Waals surface area contributed by atoms with Crippen molar-refractivity contribution in [2.24, 2.45) is 11.5 Å². The molecule has 0 spiro atoms. The summed E-state index contributed by atoms with van der Waals surface area (Å²) in [6, 6.07) is 3.25. The predicted molar refractivity (Wildman–Crippen MR) is 60.5 cm³/mol. The molecule has 1 aromatic carbocycles. The Hall–Kier alpha value is -2.90. The lowest BCUT2D eigenvalue weighted by Gasteiger charge is -2.03. The molecule has 18 heavy (non-hydrogen) atoms. The Morgan fingerprint density at radius 1 is 0.722 bits per heavy atom. The highest BCUT2D eigenvalue weighted by molar-refractivity contribution is 6.06. The monoisotopic (exact) mass is 250 g/mol. The number of hydrogen-bond acceptors (Lipinski definition) is 4. The minimum atomic E-state index is -0.976. The smallest absolute Gasteiger partial charge is 0.319 e. The van der Waals surface area contributed by atoms with Crippen LogP contribution >= 0.6 is 0 Å². The van der Waals surface area contributed by atoms with Gasteiger partial charge in [0.2, 0.25) is 0 Å².